The lowest BCUT2D eigenvalue weighted by molar-refractivity contribution is -0.123. The molecular weight excluding hydrogens is 581 g/mol. The average molecular weight is 614 g/mol. The third kappa shape index (κ3) is 9.11. The van der Waals surface area contributed by atoms with Gasteiger partial charge in [0.2, 0.25) is 6.41 Å². The van der Waals surface area contributed by atoms with Crippen LogP contribution in [0, 0.1) is 5.82 Å². The van der Waals surface area contributed by atoms with Gasteiger partial charge < -0.3 is 35.1 Å². The van der Waals surface area contributed by atoms with Gasteiger partial charge in [-0.1, -0.05) is 11.6 Å². The predicted molar refractivity (Wildman–Crippen MR) is 160 cm³/mol. The number of halogens is 2. The van der Waals surface area contributed by atoms with E-state index in [2.05, 4.69) is 25.8 Å². The Kier molecular flexibility index (Phi) is 10.5. The SMILES string of the molecule is CC(C)(C)OC(COc1cc(N2CCOCC2)ccc1C(=O)Nc1ccc(F)cc1C(=O)Nc1ccc(Cl)cn1)NC=O. The standard InChI is InChI=1S/C30H33ClFN5O6/c1-30(2,3)43-27(34-18-38)17-42-25-15-21(37-10-12-41-13-11-37)6-7-22(25)28(39)35-24-8-5-20(32)14-23(24)29(40)36-26-9-4-19(31)16-33-26/h4-9,14-16,18,27H,10-13,17H2,1-3H3,(H,34,38)(H,35,39)(H,33,36,40). The minimum atomic E-state index is -0.797. The van der Waals surface area contributed by atoms with Gasteiger partial charge in [-0.25, -0.2) is 9.37 Å². The third-order valence-corrected chi connectivity index (χ3v) is 6.39. The molecule has 1 fully saturated rings. The number of pyridine rings is 1. The van der Waals surface area contributed by atoms with Crippen LogP contribution in [-0.4, -0.2) is 67.9 Å². The molecule has 3 N–H and O–H groups in total. The summed E-state index contributed by atoms with van der Waals surface area (Å²) >= 11 is 5.86. The highest BCUT2D eigenvalue weighted by atomic mass is 35.5. The Morgan fingerprint density at radius 1 is 1.07 bits per heavy atom. The molecule has 4 rings (SSSR count). The van der Waals surface area contributed by atoms with Gasteiger partial charge in [0.1, 0.15) is 24.0 Å². The highest BCUT2D eigenvalue weighted by molar-refractivity contribution is 6.30. The van der Waals surface area contributed by atoms with Gasteiger partial charge in [-0.15, -0.1) is 0 Å². The monoisotopic (exact) mass is 613 g/mol. The Labute approximate surface area is 253 Å². The number of carbonyl (C=O) groups is 3. The van der Waals surface area contributed by atoms with Crippen LogP contribution < -0.4 is 25.6 Å². The molecule has 0 saturated carbocycles. The van der Waals surface area contributed by atoms with Crippen LogP contribution >= 0.6 is 11.6 Å². The number of hydrogen-bond acceptors (Lipinski definition) is 8. The first kappa shape index (κ1) is 31.7. The summed E-state index contributed by atoms with van der Waals surface area (Å²) in [6.07, 6.45) is 1.07. The first-order valence-electron chi connectivity index (χ1n) is 13.5. The quantitative estimate of drug-likeness (QED) is 0.213. The summed E-state index contributed by atoms with van der Waals surface area (Å²) in [4.78, 5) is 43.9. The summed E-state index contributed by atoms with van der Waals surface area (Å²) in [7, 11) is 0. The van der Waals surface area contributed by atoms with Crippen molar-refractivity contribution in [2.24, 2.45) is 0 Å². The summed E-state index contributed by atoms with van der Waals surface area (Å²) in [6, 6.07) is 11.6. The van der Waals surface area contributed by atoms with Crippen LogP contribution in [0.15, 0.2) is 54.7 Å². The second-order valence-corrected chi connectivity index (χ2v) is 11.0. The van der Waals surface area contributed by atoms with Gasteiger partial charge in [0.15, 0.2) is 6.23 Å². The van der Waals surface area contributed by atoms with Crippen molar-refractivity contribution in [3.05, 3.63) is 76.7 Å². The van der Waals surface area contributed by atoms with Crippen molar-refractivity contribution in [3.63, 3.8) is 0 Å². The molecule has 11 nitrogen and oxygen atoms in total. The van der Waals surface area contributed by atoms with Gasteiger partial charge in [0.25, 0.3) is 11.8 Å². The first-order valence-corrected chi connectivity index (χ1v) is 13.9. The summed E-state index contributed by atoms with van der Waals surface area (Å²) in [5, 5.41) is 8.22. The second-order valence-electron chi connectivity index (χ2n) is 10.6. The average Bonchev–Trinajstić information content (AvgIpc) is 2.97. The molecule has 2 heterocycles. The summed E-state index contributed by atoms with van der Waals surface area (Å²) in [6.45, 7) is 7.85. The van der Waals surface area contributed by atoms with E-state index in [4.69, 9.17) is 25.8 Å². The van der Waals surface area contributed by atoms with E-state index in [9.17, 15) is 18.8 Å². The zero-order valence-electron chi connectivity index (χ0n) is 24.0. The number of benzene rings is 2. The highest BCUT2D eigenvalue weighted by Gasteiger charge is 2.23. The maximum Gasteiger partial charge on any atom is 0.259 e. The van der Waals surface area contributed by atoms with E-state index >= 15 is 0 Å². The molecule has 13 heteroatoms. The smallest absolute Gasteiger partial charge is 0.259 e. The molecule has 0 aliphatic carbocycles. The van der Waals surface area contributed by atoms with Crippen LogP contribution in [0.25, 0.3) is 0 Å². The Morgan fingerprint density at radius 3 is 2.49 bits per heavy atom. The molecule has 2 aromatic carbocycles. The zero-order valence-corrected chi connectivity index (χ0v) is 24.7. The molecule has 1 atom stereocenters. The molecule has 1 saturated heterocycles. The lowest BCUT2D eigenvalue weighted by Crippen LogP contribution is -2.41. The fraction of sp³-hybridized carbons (Fsp3) is 0.333. The molecule has 3 aromatic rings. The van der Waals surface area contributed by atoms with Gasteiger partial charge in [0, 0.05) is 31.0 Å². The van der Waals surface area contributed by atoms with Crippen LogP contribution in [0.5, 0.6) is 5.75 Å². The molecule has 0 spiro atoms. The van der Waals surface area contributed by atoms with Crippen LogP contribution in [-0.2, 0) is 14.3 Å². The molecule has 1 aliphatic rings. The molecule has 0 radical (unpaired) electrons. The first-order chi connectivity index (χ1) is 20.5. The summed E-state index contributed by atoms with van der Waals surface area (Å²) in [5.74, 6) is -1.55. The summed E-state index contributed by atoms with van der Waals surface area (Å²) in [5.41, 5.74) is 0.321. The Morgan fingerprint density at radius 2 is 1.81 bits per heavy atom. The Hall–Kier alpha value is -4.26. The van der Waals surface area contributed by atoms with Gasteiger partial charge in [-0.2, -0.15) is 0 Å². The molecule has 1 aliphatic heterocycles. The van der Waals surface area contributed by atoms with Crippen molar-refractivity contribution in [1.82, 2.24) is 10.3 Å². The normalized spacial score (nSPS) is 14.0. The van der Waals surface area contributed by atoms with E-state index in [0.717, 1.165) is 17.8 Å². The van der Waals surface area contributed by atoms with Crippen molar-refractivity contribution in [2.45, 2.75) is 32.6 Å². The van der Waals surface area contributed by atoms with Gasteiger partial charge in [-0.3, -0.25) is 14.4 Å². The fourth-order valence-electron chi connectivity index (χ4n) is 4.26. The summed E-state index contributed by atoms with van der Waals surface area (Å²) < 4.78 is 31.6. The maximum atomic E-state index is 14.2. The molecule has 1 aromatic heterocycles. The largest absolute Gasteiger partial charge is 0.488 e. The zero-order chi connectivity index (χ0) is 31.0. The van der Waals surface area contributed by atoms with E-state index in [1.165, 1.54) is 18.3 Å². The lowest BCUT2D eigenvalue weighted by atomic mass is 10.1. The molecule has 0 bridgehead atoms. The lowest BCUT2D eigenvalue weighted by Gasteiger charge is -2.30. The number of rotatable bonds is 11. The van der Waals surface area contributed by atoms with E-state index in [1.54, 1.807) is 24.3 Å². The van der Waals surface area contributed by atoms with Crippen LogP contribution in [0.3, 0.4) is 0 Å². The highest BCUT2D eigenvalue weighted by Crippen LogP contribution is 2.29. The molecule has 228 valence electrons. The van der Waals surface area contributed by atoms with E-state index < -0.39 is 29.5 Å². The van der Waals surface area contributed by atoms with Crippen molar-refractivity contribution < 1.29 is 33.0 Å². The van der Waals surface area contributed by atoms with Crippen molar-refractivity contribution >= 4 is 47.0 Å². The number of nitrogens with zero attached hydrogens (tertiary/aromatic N) is 2. The minimum Gasteiger partial charge on any atom is -0.488 e. The Bertz CT molecular complexity index is 1440. The Balaban J connectivity index is 1.60. The van der Waals surface area contributed by atoms with E-state index in [-0.39, 0.29) is 35.0 Å². The van der Waals surface area contributed by atoms with E-state index in [0.29, 0.717) is 37.7 Å². The van der Waals surface area contributed by atoms with Crippen LogP contribution in [0.1, 0.15) is 41.5 Å². The second kappa shape index (κ2) is 14.3. The predicted octanol–water partition coefficient (Wildman–Crippen LogP) is 4.48. The molecule has 3 amide bonds. The van der Waals surface area contributed by atoms with Gasteiger partial charge >= 0.3 is 0 Å². The maximum absolute atomic E-state index is 14.2. The number of aromatic nitrogens is 1. The van der Waals surface area contributed by atoms with E-state index in [1.807, 2.05) is 20.8 Å². The van der Waals surface area contributed by atoms with Crippen molar-refractivity contribution in [1.29, 1.82) is 0 Å². The minimum absolute atomic E-state index is 0.0673. The van der Waals surface area contributed by atoms with Crippen LogP contribution in [0.4, 0.5) is 21.6 Å². The molecule has 43 heavy (non-hydrogen) atoms. The van der Waals surface area contributed by atoms with Gasteiger partial charge in [-0.05, 0) is 63.2 Å². The number of amides is 3. The molecule has 1 unspecified atom stereocenters. The number of nitrogens with one attached hydrogen (secondary N) is 3. The number of anilines is 3. The number of hydrogen-bond donors (Lipinski definition) is 3. The topological polar surface area (TPSA) is 131 Å². The number of morpholine rings is 1. The van der Waals surface area contributed by atoms with Crippen molar-refractivity contribution in [2.75, 3.05) is 48.4 Å². The number of carbonyl (C=O) groups excluding carboxylic acids is 3. The fourth-order valence-corrected chi connectivity index (χ4v) is 4.37. The van der Waals surface area contributed by atoms with Crippen molar-refractivity contribution in [3.8, 4) is 5.75 Å². The molecular formula is C30H33ClFN5O6. The van der Waals surface area contributed by atoms with Crippen LogP contribution in [0.2, 0.25) is 5.02 Å². The van der Waals surface area contributed by atoms with Gasteiger partial charge in [0.05, 0.1) is 40.7 Å². The number of ether oxygens (including phenoxy) is 3. The third-order valence-electron chi connectivity index (χ3n) is 6.17.